The first-order chi connectivity index (χ1) is 14.2. The lowest BCUT2D eigenvalue weighted by Gasteiger charge is -2.25. The van der Waals surface area contributed by atoms with Crippen molar-refractivity contribution in [1.29, 1.82) is 0 Å². The lowest BCUT2D eigenvalue weighted by molar-refractivity contribution is -0.145. The first kappa shape index (κ1) is 21.9. The number of hydrogen-bond acceptors (Lipinski definition) is 8. The van der Waals surface area contributed by atoms with Crippen molar-refractivity contribution >= 4 is 34.7 Å². The zero-order chi connectivity index (χ0) is 21.9. The van der Waals surface area contributed by atoms with Crippen LogP contribution < -0.4 is 10.5 Å². The van der Waals surface area contributed by atoms with Crippen LogP contribution in [-0.2, 0) is 16.1 Å². The van der Waals surface area contributed by atoms with Crippen LogP contribution in [0.15, 0.2) is 34.6 Å². The van der Waals surface area contributed by atoms with Gasteiger partial charge in [-0.05, 0) is 37.0 Å². The van der Waals surface area contributed by atoms with Crippen molar-refractivity contribution in [3.8, 4) is 5.75 Å². The fraction of sp³-hybridized carbons (Fsp3) is 0.429. The number of nitrogen functional groups attached to an aromatic ring is 1. The number of esters is 1. The minimum Gasteiger partial charge on any atom is -0.497 e. The summed E-state index contributed by atoms with van der Waals surface area (Å²) >= 11 is 1.51. The van der Waals surface area contributed by atoms with Gasteiger partial charge in [0.15, 0.2) is 22.1 Å². The van der Waals surface area contributed by atoms with Crippen molar-refractivity contribution < 1.29 is 14.3 Å². The smallest absolute Gasteiger partial charge is 0.306 e. The molecule has 3 rings (SSSR count). The summed E-state index contributed by atoms with van der Waals surface area (Å²) in [5, 5.41) is 0.727. The number of aryl methyl sites for hydroxylation is 1. The Hall–Kier alpha value is -2.81. The van der Waals surface area contributed by atoms with E-state index in [1.54, 1.807) is 14.0 Å². The molecule has 0 aliphatic carbocycles. The van der Waals surface area contributed by atoms with Crippen LogP contribution in [0.1, 0.15) is 32.8 Å². The Kier molecular flexibility index (Phi) is 6.50. The summed E-state index contributed by atoms with van der Waals surface area (Å²) in [5.74, 6) is 0.873. The van der Waals surface area contributed by atoms with Gasteiger partial charge in [0.1, 0.15) is 12.1 Å². The van der Waals surface area contributed by atoms with Gasteiger partial charge in [-0.15, -0.1) is 0 Å². The van der Waals surface area contributed by atoms with E-state index < -0.39 is 0 Å². The normalized spacial score (nSPS) is 11.6. The highest BCUT2D eigenvalue weighted by atomic mass is 32.2. The maximum absolute atomic E-state index is 12.1. The van der Waals surface area contributed by atoms with Crippen LogP contribution in [0.3, 0.4) is 0 Å². The number of benzene rings is 1. The molecule has 8 nitrogen and oxygen atoms in total. The first-order valence-electron chi connectivity index (χ1n) is 9.69. The molecule has 0 unspecified atom stereocenters. The Morgan fingerprint density at radius 3 is 2.77 bits per heavy atom. The molecule has 0 atom stereocenters. The van der Waals surface area contributed by atoms with Gasteiger partial charge in [-0.3, -0.25) is 4.79 Å². The highest BCUT2D eigenvalue weighted by molar-refractivity contribution is 7.99. The number of ether oxygens (including phenoxy) is 2. The molecule has 0 spiro atoms. The van der Waals surface area contributed by atoms with Gasteiger partial charge in [-0.25, -0.2) is 15.0 Å². The molecule has 0 fully saturated rings. The Balaban J connectivity index is 2.02. The van der Waals surface area contributed by atoms with E-state index in [0.29, 0.717) is 30.1 Å². The number of methoxy groups -OCH3 is 1. The van der Waals surface area contributed by atoms with Crippen LogP contribution in [-0.4, -0.2) is 39.2 Å². The zero-order valence-corrected chi connectivity index (χ0v) is 18.7. The second kappa shape index (κ2) is 8.91. The molecule has 0 amide bonds. The summed E-state index contributed by atoms with van der Waals surface area (Å²) in [6, 6.07) is 5.91. The van der Waals surface area contributed by atoms with E-state index in [0.717, 1.165) is 21.4 Å². The molecule has 0 aliphatic rings. The third-order valence-electron chi connectivity index (χ3n) is 4.64. The molecule has 9 heteroatoms. The third kappa shape index (κ3) is 4.84. The molecule has 1 aromatic carbocycles. The number of nitrogens with two attached hydrogens (primary N) is 1. The van der Waals surface area contributed by atoms with Gasteiger partial charge in [-0.2, -0.15) is 0 Å². The standard InChI is InChI=1S/C21H27N5O3S/c1-6-29-16(27)10-21(3,4)11-26-19-17(18(22)23-12-24-19)25-20(26)30-15-9-14(28-5)8-7-13(15)2/h7-9,12H,6,10-11H2,1-5H3,(H2,22,23,24). The summed E-state index contributed by atoms with van der Waals surface area (Å²) in [4.78, 5) is 26.3. The predicted molar refractivity (Wildman–Crippen MR) is 117 cm³/mol. The molecule has 0 aliphatic heterocycles. The highest BCUT2D eigenvalue weighted by Gasteiger charge is 2.27. The molecule has 0 saturated carbocycles. The Morgan fingerprint density at radius 2 is 2.07 bits per heavy atom. The number of anilines is 1. The molecular weight excluding hydrogens is 402 g/mol. The van der Waals surface area contributed by atoms with Crippen LogP contribution in [0.5, 0.6) is 5.75 Å². The molecule has 3 aromatic rings. The second-order valence-electron chi connectivity index (χ2n) is 7.79. The molecular formula is C21H27N5O3S. The van der Waals surface area contributed by atoms with Gasteiger partial charge in [-0.1, -0.05) is 31.7 Å². The van der Waals surface area contributed by atoms with Gasteiger partial charge >= 0.3 is 5.97 Å². The molecule has 2 aromatic heterocycles. The summed E-state index contributed by atoms with van der Waals surface area (Å²) in [6.45, 7) is 8.76. The number of aromatic nitrogens is 4. The maximum Gasteiger partial charge on any atom is 0.306 e. The van der Waals surface area contributed by atoms with E-state index in [1.165, 1.54) is 18.1 Å². The van der Waals surface area contributed by atoms with Gasteiger partial charge in [0.2, 0.25) is 0 Å². The molecule has 0 bridgehead atoms. The monoisotopic (exact) mass is 429 g/mol. The second-order valence-corrected chi connectivity index (χ2v) is 8.80. The SMILES string of the molecule is CCOC(=O)CC(C)(C)Cn1c(Sc2cc(OC)ccc2C)nc2c(N)ncnc21. The van der Waals surface area contributed by atoms with E-state index in [4.69, 9.17) is 20.2 Å². The van der Waals surface area contributed by atoms with Crippen LogP contribution in [0, 0.1) is 12.3 Å². The number of carbonyl (C=O) groups is 1. The summed E-state index contributed by atoms with van der Waals surface area (Å²) in [5.41, 5.74) is 7.98. The average molecular weight is 430 g/mol. The lowest BCUT2D eigenvalue weighted by atomic mass is 9.89. The Labute approximate surface area is 180 Å². The van der Waals surface area contributed by atoms with Crippen LogP contribution in [0.25, 0.3) is 11.2 Å². The van der Waals surface area contributed by atoms with Gasteiger partial charge in [0, 0.05) is 11.4 Å². The topological polar surface area (TPSA) is 105 Å². The van der Waals surface area contributed by atoms with E-state index in [-0.39, 0.29) is 17.8 Å². The molecule has 2 N–H and O–H groups in total. The Bertz CT molecular complexity index is 1060. The van der Waals surface area contributed by atoms with Crippen LogP contribution in [0.2, 0.25) is 0 Å². The van der Waals surface area contributed by atoms with Crippen molar-refractivity contribution in [2.24, 2.45) is 5.41 Å². The number of carbonyl (C=O) groups excluding carboxylic acids is 1. The average Bonchev–Trinajstić information content (AvgIpc) is 3.01. The number of fused-ring (bicyclic) bond motifs is 1. The molecule has 160 valence electrons. The summed E-state index contributed by atoms with van der Waals surface area (Å²) < 4.78 is 12.5. The van der Waals surface area contributed by atoms with E-state index in [1.807, 2.05) is 43.5 Å². The lowest BCUT2D eigenvalue weighted by Crippen LogP contribution is -2.25. The van der Waals surface area contributed by atoms with Crippen molar-refractivity contribution in [2.45, 2.75) is 50.7 Å². The Morgan fingerprint density at radius 1 is 1.30 bits per heavy atom. The zero-order valence-electron chi connectivity index (χ0n) is 17.9. The molecule has 30 heavy (non-hydrogen) atoms. The fourth-order valence-corrected chi connectivity index (χ4v) is 4.16. The van der Waals surface area contributed by atoms with Gasteiger partial charge in [0.25, 0.3) is 0 Å². The highest BCUT2D eigenvalue weighted by Crippen LogP contribution is 2.36. The first-order valence-corrected chi connectivity index (χ1v) is 10.5. The van der Waals surface area contributed by atoms with E-state index >= 15 is 0 Å². The third-order valence-corrected chi connectivity index (χ3v) is 5.79. The number of rotatable bonds is 8. The summed E-state index contributed by atoms with van der Waals surface area (Å²) in [6.07, 6.45) is 1.71. The van der Waals surface area contributed by atoms with E-state index in [2.05, 4.69) is 9.97 Å². The number of hydrogen-bond donors (Lipinski definition) is 1. The van der Waals surface area contributed by atoms with Crippen molar-refractivity contribution in [3.63, 3.8) is 0 Å². The quantitative estimate of drug-likeness (QED) is 0.538. The number of imidazole rings is 1. The van der Waals surface area contributed by atoms with Gasteiger partial charge < -0.3 is 19.8 Å². The van der Waals surface area contributed by atoms with Crippen molar-refractivity contribution in [3.05, 3.63) is 30.1 Å². The largest absolute Gasteiger partial charge is 0.497 e. The van der Waals surface area contributed by atoms with Gasteiger partial charge in [0.05, 0.1) is 20.1 Å². The van der Waals surface area contributed by atoms with Crippen LogP contribution >= 0.6 is 11.8 Å². The predicted octanol–water partition coefficient (Wildman–Crippen LogP) is 3.86. The minimum absolute atomic E-state index is 0.223. The summed E-state index contributed by atoms with van der Waals surface area (Å²) in [7, 11) is 1.64. The fourth-order valence-electron chi connectivity index (χ4n) is 3.16. The molecule has 0 radical (unpaired) electrons. The van der Waals surface area contributed by atoms with E-state index in [9.17, 15) is 4.79 Å². The number of nitrogens with zero attached hydrogens (tertiary/aromatic N) is 4. The minimum atomic E-state index is -0.377. The van der Waals surface area contributed by atoms with Crippen LogP contribution in [0.4, 0.5) is 5.82 Å². The van der Waals surface area contributed by atoms with Crippen molar-refractivity contribution in [1.82, 2.24) is 19.5 Å². The molecule has 2 heterocycles. The maximum atomic E-state index is 12.1. The molecule has 0 saturated heterocycles. The van der Waals surface area contributed by atoms with Crippen molar-refractivity contribution in [2.75, 3.05) is 19.5 Å².